The fourth-order valence-corrected chi connectivity index (χ4v) is 4.20. The van der Waals surface area contributed by atoms with Crippen LogP contribution in [0.4, 0.5) is 0 Å². The van der Waals surface area contributed by atoms with E-state index in [1.165, 1.54) is 0 Å². The third kappa shape index (κ3) is 3.47. The van der Waals surface area contributed by atoms with Crippen molar-refractivity contribution in [2.75, 3.05) is 26.3 Å². The van der Waals surface area contributed by atoms with Crippen molar-refractivity contribution in [2.45, 2.75) is 38.1 Å². The lowest BCUT2D eigenvalue weighted by Gasteiger charge is -2.26. The number of hydrogen-bond donors (Lipinski definition) is 0. The van der Waals surface area contributed by atoms with Gasteiger partial charge in [-0.25, -0.2) is 4.98 Å². The van der Waals surface area contributed by atoms with Gasteiger partial charge in [0.25, 0.3) is 5.91 Å². The summed E-state index contributed by atoms with van der Waals surface area (Å²) in [5.74, 6) is 1.62. The number of carbonyl (C=O) groups excluding carboxylic acids is 1. The van der Waals surface area contributed by atoms with Gasteiger partial charge in [-0.05, 0) is 50.5 Å². The molecule has 1 aromatic heterocycles. The predicted octanol–water partition coefficient (Wildman–Crippen LogP) is 3.04. The molecule has 2 aromatic rings. The zero-order valence-electron chi connectivity index (χ0n) is 15.6. The Kier molecular flexibility index (Phi) is 4.95. The highest BCUT2D eigenvalue weighted by Crippen LogP contribution is 2.32. The van der Waals surface area contributed by atoms with Crippen LogP contribution in [0.2, 0.25) is 0 Å². The maximum atomic E-state index is 12.8. The van der Waals surface area contributed by atoms with E-state index in [-0.39, 0.29) is 11.9 Å². The molecule has 0 radical (unpaired) electrons. The molecular formula is C21H24N4O2. The van der Waals surface area contributed by atoms with Crippen LogP contribution in [0.3, 0.4) is 0 Å². The van der Waals surface area contributed by atoms with Gasteiger partial charge >= 0.3 is 0 Å². The van der Waals surface area contributed by atoms with Gasteiger partial charge in [-0.2, -0.15) is 5.26 Å². The van der Waals surface area contributed by atoms with E-state index in [2.05, 4.69) is 17.6 Å². The lowest BCUT2D eigenvalue weighted by molar-refractivity contribution is 0.0784. The number of imidazole rings is 1. The Morgan fingerprint density at radius 2 is 1.96 bits per heavy atom. The number of aromatic nitrogens is 2. The lowest BCUT2D eigenvalue weighted by Crippen LogP contribution is -2.29. The molecule has 2 aliphatic rings. The minimum atomic E-state index is 0.0346. The van der Waals surface area contributed by atoms with Crippen LogP contribution < -0.4 is 0 Å². The van der Waals surface area contributed by atoms with Gasteiger partial charge in [-0.3, -0.25) is 4.79 Å². The van der Waals surface area contributed by atoms with E-state index in [0.717, 1.165) is 50.5 Å². The minimum Gasteiger partial charge on any atom is -0.381 e. The van der Waals surface area contributed by atoms with E-state index >= 15 is 0 Å². The van der Waals surface area contributed by atoms with E-state index in [1.807, 2.05) is 11.1 Å². The summed E-state index contributed by atoms with van der Waals surface area (Å²) >= 11 is 0. The molecule has 1 unspecified atom stereocenters. The number of aryl methyl sites for hydroxylation is 1. The number of amides is 1. The fourth-order valence-electron chi connectivity index (χ4n) is 4.20. The lowest BCUT2D eigenvalue weighted by atomic mass is 9.99. The molecule has 2 fully saturated rings. The van der Waals surface area contributed by atoms with Gasteiger partial charge in [0.05, 0.1) is 17.7 Å². The third-order valence-electron chi connectivity index (χ3n) is 5.67. The van der Waals surface area contributed by atoms with Crippen LogP contribution in [0.1, 0.15) is 58.7 Å². The van der Waals surface area contributed by atoms with Crippen molar-refractivity contribution in [1.82, 2.24) is 14.5 Å². The van der Waals surface area contributed by atoms with E-state index < -0.39 is 0 Å². The van der Waals surface area contributed by atoms with Gasteiger partial charge in [0.2, 0.25) is 0 Å². The molecule has 0 saturated carbocycles. The molecule has 1 aromatic carbocycles. The number of hydrogen-bond acceptors (Lipinski definition) is 4. The quantitative estimate of drug-likeness (QED) is 0.839. The first-order valence-electron chi connectivity index (χ1n) is 9.58. The Morgan fingerprint density at radius 3 is 2.67 bits per heavy atom. The number of ether oxygens (including phenoxy) is 1. The van der Waals surface area contributed by atoms with Crippen molar-refractivity contribution < 1.29 is 9.53 Å². The Hall–Kier alpha value is -2.65. The van der Waals surface area contributed by atoms with Crippen LogP contribution in [-0.2, 0) is 4.74 Å². The summed E-state index contributed by atoms with van der Waals surface area (Å²) in [4.78, 5) is 19.5. The average molecular weight is 364 g/mol. The molecule has 1 amide bonds. The largest absolute Gasteiger partial charge is 0.381 e. The molecule has 27 heavy (non-hydrogen) atoms. The van der Waals surface area contributed by atoms with E-state index in [4.69, 9.17) is 15.0 Å². The summed E-state index contributed by atoms with van der Waals surface area (Å²) in [6.45, 7) is 5.14. The van der Waals surface area contributed by atoms with Crippen molar-refractivity contribution in [3.63, 3.8) is 0 Å². The Morgan fingerprint density at radius 1 is 1.22 bits per heavy atom. The summed E-state index contributed by atoms with van der Waals surface area (Å²) < 4.78 is 7.85. The molecule has 140 valence electrons. The molecule has 0 N–H and O–H groups in total. The van der Waals surface area contributed by atoms with Crippen molar-refractivity contribution in [3.05, 3.63) is 53.1 Å². The Balaban J connectivity index is 1.50. The SMILES string of the molecule is Cc1cnc(C2CCOCC2)n1C1CCN(C(=O)c2ccc(C#N)cc2)C1. The standard InChI is InChI=1S/C21H24N4O2/c1-15-13-23-20(17-7-10-27-11-8-17)25(15)19-6-9-24(14-19)21(26)18-4-2-16(12-22)3-5-18/h2-5,13,17,19H,6-11,14H2,1H3. The molecule has 0 bridgehead atoms. The van der Waals surface area contributed by atoms with Crippen LogP contribution in [0.15, 0.2) is 30.5 Å². The van der Waals surface area contributed by atoms with Crippen LogP contribution in [-0.4, -0.2) is 46.7 Å². The molecule has 0 aliphatic carbocycles. The maximum absolute atomic E-state index is 12.8. The second kappa shape index (κ2) is 7.53. The summed E-state index contributed by atoms with van der Waals surface area (Å²) in [5, 5.41) is 8.92. The van der Waals surface area contributed by atoms with E-state index in [9.17, 15) is 4.79 Å². The first-order valence-corrected chi connectivity index (χ1v) is 9.58. The van der Waals surface area contributed by atoms with Gasteiger partial charge in [0.1, 0.15) is 5.82 Å². The molecule has 4 rings (SSSR count). The molecule has 2 saturated heterocycles. The smallest absolute Gasteiger partial charge is 0.253 e. The monoisotopic (exact) mass is 364 g/mol. The number of likely N-dealkylation sites (tertiary alicyclic amines) is 1. The van der Waals surface area contributed by atoms with Gasteiger partial charge in [-0.1, -0.05) is 0 Å². The number of rotatable bonds is 3. The highest BCUT2D eigenvalue weighted by atomic mass is 16.5. The highest BCUT2D eigenvalue weighted by molar-refractivity contribution is 5.94. The summed E-state index contributed by atoms with van der Waals surface area (Å²) in [6, 6.07) is 9.24. The fraction of sp³-hybridized carbons (Fsp3) is 0.476. The minimum absolute atomic E-state index is 0.0346. The molecule has 1 atom stereocenters. The molecule has 6 heteroatoms. The first-order chi connectivity index (χ1) is 13.2. The number of carbonyl (C=O) groups is 1. The zero-order valence-corrected chi connectivity index (χ0v) is 15.6. The predicted molar refractivity (Wildman–Crippen MR) is 100 cm³/mol. The van der Waals surface area contributed by atoms with Crippen LogP contribution in [0, 0.1) is 18.3 Å². The molecular weight excluding hydrogens is 340 g/mol. The number of nitrogens with zero attached hydrogens (tertiary/aromatic N) is 4. The van der Waals surface area contributed by atoms with Crippen molar-refractivity contribution in [1.29, 1.82) is 5.26 Å². The highest BCUT2D eigenvalue weighted by Gasteiger charge is 2.32. The van der Waals surface area contributed by atoms with E-state index in [1.54, 1.807) is 24.3 Å². The summed E-state index contributed by atoms with van der Waals surface area (Å²) in [7, 11) is 0. The van der Waals surface area contributed by atoms with Gasteiger partial charge in [0.15, 0.2) is 0 Å². The first kappa shape index (κ1) is 17.7. The molecule has 6 nitrogen and oxygen atoms in total. The third-order valence-corrected chi connectivity index (χ3v) is 5.67. The topological polar surface area (TPSA) is 71.2 Å². The van der Waals surface area contributed by atoms with Crippen LogP contribution in [0.5, 0.6) is 0 Å². The van der Waals surface area contributed by atoms with Crippen molar-refractivity contribution >= 4 is 5.91 Å². The Labute approximate surface area is 159 Å². The van der Waals surface area contributed by atoms with Gasteiger partial charge in [0, 0.05) is 49.7 Å². The van der Waals surface area contributed by atoms with Crippen LogP contribution >= 0.6 is 0 Å². The second-order valence-electron chi connectivity index (χ2n) is 7.40. The zero-order chi connectivity index (χ0) is 18.8. The normalized spacial score (nSPS) is 20.6. The van der Waals surface area contributed by atoms with Crippen molar-refractivity contribution in [2.24, 2.45) is 0 Å². The van der Waals surface area contributed by atoms with Gasteiger partial charge in [-0.15, -0.1) is 0 Å². The molecule has 0 spiro atoms. The maximum Gasteiger partial charge on any atom is 0.253 e. The van der Waals surface area contributed by atoms with Crippen LogP contribution in [0.25, 0.3) is 0 Å². The second-order valence-corrected chi connectivity index (χ2v) is 7.40. The molecule has 3 heterocycles. The van der Waals surface area contributed by atoms with Crippen molar-refractivity contribution in [3.8, 4) is 6.07 Å². The van der Waals surface area contributed by atoms with Gasteiger partial charge < -0.3 is 14.2 Å². The Bertz CT molecular complexity index is 859. The average Bonchev–Trinajstić information content (AvgIpc) is 3.34. The summed E-state index contributed by atoms with van der Waals surface area (Å²) in [5.41, 5.74) is 2.37. The number of nitriles is 1. The number of benzene rings is 1. The molecule has 2 aliphatic heterocycles. The summed E-state index contributed by atoms with van der Waals surface area (Å²) in [6.07, 6.45) is 4.92. The van der Waals surface area contributed by atoms with E-state index in [0.29, 0.717) is 23.6 Å².